The molecule has 0 saturated carbocycles. The molecule has 3 rings (SSSR count). The number of benzene rings is 2. The number of nitrogens with zero attached hydrogens (tertiary/aromatic N) is 2. The largest absolute Gasteiger partial charge is 0.225 e. The molecule has 0 spiro atoms. The van der Waals surface area contributed by atoms with Gasteiger partial charge in [-0.2, -0.15) is 0 Å². The number of halogens is 3. The Balaban J connectivity index is 2.33. The van der Waals surface area contributed by atoms with Gasteiger partial charge in [-0.1, -0.05) is 29.8 Å². The monoisotopic (exact) mass is 290 g/mol. The number of fused-ring (bicyclic) bond motifs is 1. The molecule has 0 fully saturated rings. The van der Waals surface area contributed by atoms with Gasteiger partial charge in [0, 0.05) is 5.39 Å². The second-order valence-electron chi connectivity index (χ2n) is 4.41. The summed E-state index contributed by atoms with van der Waals surface area (Å²) in [6.07, 6.45) is 0. The van der Waals surface area contributed by atoms with Crippen LogP contribution in [0.4, 0.5) is 8.78 Å². The summed E-state index contributed by atoms with van der Waals surface area (Å²) in [5, 5.41) is 0.508. The molecular weight excluding hydrogens is 282 g/mol. The Morgan fingerprint density at radius 3 is 2.55 bits per heavy atom. The van der Waals surface area contributed by atoms with Crippen LogP contribution < -0.4 is 0 Å². The predicted molar refractivity (Wildman–Crippen MR) is 74.6 cm³/mol. The molecule has 0 aliphatic rings. The quantitative estimate of drug-likeness (QED) is 0.615. The van der Waals surface area contributed by atoms with E-state index in [2.05, 4.69) is 9.97 Å². The smallest absolute Gasteiger partial charge is 0.164 e. The van der Waals surface area contributed by atoms with Crippen LogP contribution in [0.3, 0.4) is 0 Å². The molecule has 0 aliphatic carbocycles. The second-order valence-corrected chi connectivity index (χ2v) is 4.77. The van der Waals surface area contributed by atoms with Gasteiger partial charge in [0.05, 0.1) is 5.56 Å². The number of hydrogen-bond acceptors (Lipinski definition) is 2. The molecule has 1 heterocycles. The standard InChI is InChI=1S/C15H9ClF2N2/c1-8-4-2-5-9(12(8)18)15-19-13-10(14(16)20-15)6-3-7-11(13)17/h2-7H,1H3. The molecule has 5 heteroatoms. The second kappa shape index (κ2) is 4.80. The highest BCUT2D eigenvalue weighted by Gasteiger charge is 2.14. The molecule has 0 atom stereocenters. The zero-order chi connectivity index (χ0) is 14.3. The van der Waals surface area contributed by atoms with Crippen molar-refractivity contribution in [2.75, 3.05) is 0 Å². The van der Waals surface area contributed by atoms with Gasteiger partial charge in [0.25, 0.3) is 0 Å². The Bertz CT molecular complexity index is 818. The minimum Gasteiger partial charge on any atom is -0.225 e. The van der Waals surface area contributed by atoms with E-state index < -0.39 is 11.6 Å². The fourth-order valence-electron chi connectivity index (χ4n) is 2.02. The van der Waals surface area contributed by atoms with Gasteiger partial charge in [0.1, 0.15) is 22.3 Å². The van der Waals surface area contributed by atoms with Crippen LogP contribution in [0.2, 0.25) is 5.15 Å². The number of hydrogen-bond donors (Lipinski definition) is 0. The molecule has 3 aromatic rings. The molecule has 2 aromatic carbocycles. The van der Waals surface area contributed by atoms with Crippen molar-refractivity contribution in [2.45, 2.75) is 6.92 Å². The van der Waals surface area contributed by atoms with Crippen molar-refractivity contribution in [3.05, 3.63) is 58.7 Å². The van der Waals surface area contributed by atoms with Crippen LogP contribution in [-0.2, 0) is 0 Å². The molecule has 0 bridgehead atoms. The third-order valence-corrected chi connectivity index (χ3v) is 3.35. The Labute approximate surface area is 119 Å². The lowest BCUT2D eigenvalue weighted by Gasteiger charge is -2.07. The Morgan fingerprint density at radius 2 is 1.75 bits per heavy atom. The van der Waals surface area contributed by atoms with Crippen molar-refractivity contribution >= 4 is 22.5 Å². The van der Waals surface area contributed by atoms with Crippen molar-refractivity contribution in [3.63, 3.8) is 0 Å². The van der Waals surface area contributed by atoms with E-state index in [0.717, 1.165) is 0 Å². The SMILES string of the molecule is Cc1cccc(-c2nc(Cl)c3cccc(F)c3n2)c1F. The summed E-state index contributed by atoms with van der Waals surface area (Å²) in [6, 6.07) is 9.30. The van der Waals surface area contributed by atoms with E-state index in [0.29, 0.717) is 10.9 Å². The highest BCUT2D eigenvalue weighted by atomic mass is 35.5. The van der Waals surface area contributed by atoms with E-state index in [1.54, 1.807) is 31.2 Å². The van der Waals surface area contributed by atoms with Gasteiger partial charge < -0.3 is 0 Å². The molecule has 1 aromatic heterocycles. The lowest BCUT2D eigenvalue weighted by Crippen LogP contribution is -1.97. The molecule has 0 aliphatic heterocycles. The van der Waals surface area contributed by atoms with Gasteiger partial charge >= 0.3 is 0 Å². The van der Waals surface area contributed by atoms with E-state index in [9.17, 15) is 8.78 Å². The number of aromatic nitrogens is 2. The Morgan fingerprint density at radius 1 is 1.00 bits per heavy atom. The maximum Gasteiger partial charge on any atom is 0.164 e. The van der Waals surface area contributed by atoms with Crippen LogP contribution >= 0.6 is 11.6 Å². The zero-order valence-corrected chi connectivity index (χ0v) is 11.2. The van der Waals surface area contributed by atoms with Gasteiger partial charge in [-0.3, -0.25) is 0 Å². The molecule has 0 amide bonds. The highest BCUT2D eigenvalue weighted by molar-refractivity contribution is 6.34. The fraction of sp³-hybridized carbons (Fsp3) is 0.0667. The van der Waals surface area contributed by atoms with E-state index in [4.69, 9.17) is 11.6 Å². The molecule has 0 N–H and O–H groups in total. The van der Waals surface area contributed by atoms with Crippen molar-refractivity contribution in [3.8, 4) is 11.4 Å². The summed E-state index contributed by atoms with van der Waals surface area (Å²) in [5.74, 6) is -0.867. The topological polar surface area (TPSA) is 25.8 Å². The van der Waals surface area contributed by atoms with E-state index in [-0.39, 0.29) is 22.1 Å². The average Bonchev–Trinajstić information content (AvgIpc) is 2.43. The van der Waals surface area contributed by atoms with Crippen LogP contribution in [0.1, 0.15) is 5.56 Å². The lowest BCUT2D eigenvalue weighted by atomic mass is 10.1. The predicted octanol–water partition coefficient (Wildman–Crippen LogP) is 4.54. The van der Waals surface area contributed by atoms with Gasteiger partial charge in [0.2, 0.25) is 0 Å². The zero-order valence-electron chi connectivity index (χ0n) is 10.5. The van der Waals surface area contributed by atoms with Crippen LogP contribution in [0.5, 0.6) is 0 Å². The molecule has 20 heavy (non-hydrogen) atoms. The molecule has 100 valence electrons. The highest BCUT2D eigenvalue weighted by Crippen LogP contribution is 2.28. The van der Waals surface area contributed by atoms with Crippen LogP contribution in [-0.4, -0.2) is 9.97 Å². The third kappa shape index (κ3) is 2.02. The van der Waals surface area contributed by atoms with Crippen LogP contribution in [0.25, 0.3) is 22.3 Å². The first-order valence-corrected chi connectivity index (χ1v) is 6.33. The average molecular weight is 291 g/mol. The van der Waals surface area contributed by atoms with E-state index >= 15 is 0 Å². The number of aryl methyl sites for hydroxylation is 1. The van der Waals surface area contributed by atoms with Crippen molar-refractivity contribution in [1.29, 1.82) is 0 Å². The van der Waals surface area contributed by atoms with Gasteiger partial charge in [-0.15, -0.1) is 0 Å². The summed E-state index contributed by atoms with van der Waals surface area (Å²) in [6.45, 7) is 1.64. The molecular formula is C15H9ClF2N2. The summed E-state index contributed by atoms with van der Waals surface area (Å²) in [4.78, 5) is 8.16. The summed E-state index contributed by atoms with van der Waals surface area (Å²) >= 11 is 6.04. The van der Waals surface area contributed by atoms with Crippen molar-refractivity contribution in [2.24, 2.45) is 0 Å². The number of rotatable bonds is 1. The first-order chi connectivity index (χ1) is 9.58. The fourth-order valence-corrected chi connectivity index (χ4v) is 2.25. The van der Waals surface area contributed by atoms with Crippen molar-refractivity contribution in [1.82, 2.24) is 9.97 Å². The molecule has 0 saturated heterocycles. The molecule has 0 unspecified atom stereocenters. The van der Waals surface area contributed by atoms with E-state index in [1.807, 2.05) is 0 Å². The van der Waals surface area contributed by atoms with Crippen LogP contribution in [0.15, 0.2) is 36.4 Å². The summed E-state index contributed by atoms with van der Waals surface area (Å²) in [7, 11) is 0. The summed E-state index contributed by atoms with van der Waals surface area (Å²) in [5.41, 5.74) is 0.760. The summed E-state index contributed by atoms with van der Waals surface area (Å²) < 4.78 is 27.9. The van der Waals surface area contributed by atoms with Crippen LogP contribution in [0, 0.1) is 18.6 Å². The maximum absolute atomic E-state index is 14.1. The van der Waals surface area contributed by atoms with Gasteiger partial charge in [-0.05, 0) is 30.7 Å². The van der Waals surface area contributed by atoms with Crippen molar-refractivity contribution < 1.29 is 8.78 Å². The first-order valence-electron chi connectivity index (χ1n) is 5.95. The third-order valence-electron chi connectivity index (χ3n) is 3.06. The molecule has 2 nitrogen and oxygen atoms in total. The normalized spacial score (nSPS) is 11.0. The van der Waals surface area contributed by atoms with E-state index in [1.165, 1.54) is 12.1 Å². The first kappa shape index (κ1) is 12.9. The lowest BCUT2D eigenvalue weighted by molar-refractivity contribution is 0.620. The van der Waals surface area contributed by atoms with Gasteiger partial charge in [0.15, 0.2) is 5.82 Å². The number of para-hydroxylation sites is 1. The van der Waals surface area contributed by atoms with Gasteiger partial charge in [-0.25, -0.2) is 18.7 Å². The molecule has 0 radical (unpaired) electrons. The minimum absolute atomic E-state index is 0.0776. The minimum atomic E-state index is -0.513. The maximum atomic E-state index is 14.1. The Kier molecular flexibility index (Phi) is 3.10. The Hall–Kier alpha value is -2.07.